The topological polar surface area (TPSA) is 93.1 Å². The lowest BCUT2D eigenvalue weighted by Gasteiger charge is -2.18. The smallest absolute Gasteiger partial charge is 0.336 e. The summed E-state index contributed by atoms with van der Waals surface area (Å²) in [7, 11) is 0. The quantitative estimate of drug-likeness (QED) is 0.849. The van der Waals surface area contributed by atoms with Crippen molar-refractivity contribution in [3.8, 4) is 0 Å². The Morgan fingerprint density at radius 3 is 2.70 bits per heavy atom. The van der Waals surface area contributed by atoms with Gasteiger partial charge < -0.3 is 19.7 Å². The predicted molar refractivity (Wildman–Crippen MR) is 68.3 cm³/mol. The molecule has 0 radical (unpaired) electrons. The van der Waals surface area contributed by atoms with E-state index >= 15 is 0 Å². The van der Waals surface area contributed by atoms with Crippen molar-refractivity contribution in [3.05, 3.63) is 34.9 Å². The first-order chi connectivity index (χ1) is 9.50. The highest BCUT2D eigenvalue weighted by Gasteiger charge is 2.37. The van der Waals surface area contributed by atoms with Gasteiger partial charge in [-0.25, -0.2) is 4.79 Å². The maximum Gasteiger partial charge on any atom is 0.336 e. The zero-order valence-corrected chi connectivity index (χ0v) is 11.0. The number of benzene rings is 1. The third-order valence-electron chi connectivity index (χ3n) is 3.42. The molecule has 6 nitrogen and oxygen atoms in total. The molecule has 0 spiro atoms. The lowest BCUT2D eigenvalue weighted by atomic mass is 9.93. The number of hydrogen-bond acceptors (Lipinski definition) is 4. The highest BCUT2D eigenvalue weighted by molar-refractivity contribution is 5.74. The number of ether oxygens (including phenoxy) is 2. The fraction of sp³-hybridized carbons (Fsp3) is 0.429. The first-order valence-corrected chi connectivity index (χ1v) is 6.27. The maximum absolute atomic E-state index is 11.1. The van der Waals surface area contributed by atoms with E-state index in [1.165, 1.54) is 0 Å². The molecule has 0 saturated carbocycles. The van der Waals surface area contributed by atoms with Crippen molar-refractivity contribution in [1.29, 1.82) is 0 Å². The average Bonchev–Trinajstić information content (AvgIpc) is 2.86. The maximum atomic E-state index is 11.1. The third-order valence-corrected chi connectivity index (χ3v) is 3.42. The summed E-state index contributed by atoms with van der Waals surface area (Å²) < 4.78 is 10.4. The minimum Gasteiger partial charge on any atom is -0.481 e. The summed E-state index contributed by atoms with van der Waals surface area (Å²) in [6.07, 6.45) is -1.24. The summed E-state index contributed by atoms with van der Waals surface area (Å²) in [4.78, 5) is 21.8. The standard InChI is InChI=1S/C14H16O6/c1-8-9(5-6-11(15)16)3-2-4-10(8)12-13(14(17)18)20-7-19-12/h2-4,12-13H,5-7H2,1H3,(H,15,16)(H,17,18). The molecule has 0 aromatic heterocycles. The Labute approximate surface area is 115 Å². The van der Waals surface area contributed by atoms with Gasteiger partial charge in [0.15, 0.2) is 6.10 Å². The number of carbonyl (C=O) groups is 2. The van der Waals surface area contributed by atoms with Crippen LogP contribution in [0.2, 0.25) is 0 Å². The Morgan fingerprint density at radius 2 is 2.05 bits per heavy atom. The number of hydrogen-bond donors (Lipinski definition) is 2. The Morgan fingerprint density at radius 1 is 1.30 bits per heavy atom. The van der Waals surface area contributed by atoms with E-state index < -0.39 is 24.1 Å². The molecule has 2 atom stereocenters. The van der Waals surface area contributed by atoms with E-state index in [9.17, 15) is 9.59 Å². The van der Waals surface area contributed by atoms with E-state index in [2.05, 4.69) is 0 Å². The molecule has 1 aromatic rings. The first-order valence-electron chi connectivity index (χ1n) is 6.27. The highest BCUT2D eigenvalue weighted by Crippen LogP contribution is 2.32. The van der Waals surface area contributed by atoms with Crippen LogP contribution in [0, 0.1) is 6.92 Å². The van der Waals surface area contributed by atoms with Gasteiger partial charge in [-0.05, 0) is 30.0 Å². The molecule has 2 unspecified atom stereocenters. The molecule has 0 amide bonds. The molecule has 1 aromatic carbocycles. The van der Waals surface area contributed by atoms with Gasteiger partial charge >= 0.3 is 11.9 Å². The van der Waals surface area contributed by atoms with Gasteiger partial charge in [-0.2, -0.15) is 0 Å². The first kappa shape index (κ1) is 14.5. The zero-order chi connectivity index (χ0) is 14.7. The number of carboxylic acid groups (broad SMARTS) is 2. The molecule has 2 rings (SSSR count). The van der Waals surface area contributed by atoms with Gasteiger partial charge in [-0.3, -0.25) is 4.79 Å². The predicted octanol–water partition coefficient (Wildman–Crippen LogP) is 1.51. The van der Waals surface area contributed by atoms with Gasteiger partial charge in [0.25, 0.3) is 0 Å². The Hall–Kier alpha value is -1.92. The van der Waals surface area contributed by atoms with Crippen LogP contribution in [0.1, 0.15) is 29.2 Å². The second kappa shape index (κ2) is 6.02. The molecule has 1 fully saturated rings. The zero-order valence-electron chi connectivity index (χ0n) is 11.0. The second-order valence-electron chi connectivity index (χ2n) is 4.66. The van der Waals surface area contributed by atoms with Crippen LogP contribution in [0.3, 0.4) is 0 Å². The lowest BCUT2D eigenvalue weighted by molar-refractivity contribution is -0.148. The van der Waals surface area contributed by atoms with Crippen LogP contribution in [0.15, 0.2) is 18.2 Å². The molecule has 20 heavy (non-hydrogen) atoms. The van der Waals surface area contributed by atoms with Crippen LogP contribution in [-0.2, 0) is 25.5 Å². The molecule has 1 aliphatic rings. The van der Waals surface area contributed by atoms with E-state index in [0.29, 0.717) is 6.42 Å². The molecule has 0 aliphatic carbocycles. The van der Waals surface area contributed by atoms with E-state index in [1.807, 2.05) is 13.0 Å². The molecule has 1 saturated heterocycles. The van der Waals surface area contributed by atoms with Gasteiger partial charge in [0.2, 0.25) is 0 Å². The second-order valence-corrected chi connectivity index (χ2v) is 4.66. The van der Waals surface area contributed by atoms with Crippen molar-refractivity contribution >= 4 is 11.9 Å². The molecule has 1 heterocycles. The van der Waals surface area contributed by atoms with Crippen molar-refractivity contribution in [3.63, 3.8) is 0 Å². The Balaban J connectivity index is 2.26. The van der Waals surface area contributed by atoms with E-state index in [4.69, 9.17) is 19.7 Å². The molecule has 0 bridgehead atoms. The number of carboxylic acids is 2. The van der Waals surface area contributed by atoms with Crippen LogP contribution in [-0.4, -0.2) is 35.0 Å². The molecule has 2 N–H and O–H groups in total. The monoisotopic (exact) mass is 280 g/mol. The van der Waals surface area contributed by atoms with Gasteiger partial charge in [0.1, 0.15) is 12.9 Å². The van der Waals surface area contributed by atoms with Crippen molar-refractivity contribution in [1.82, 2.24) is 0 Å². The largest absolute Gasteiger partial charge is 0.481 e. The van der Waals surface area contributed by atoms with Crippen LogP contribution in [0.5, 0.6) is 0 Å². The number of aryl methyl sites for hydroxylation is 1. The van der Waals surface area contributed by atoms with Crippen molar-refractivity contribution in [2.45, 2.75) is 32.0 Å². The van der Waals surface area contributed by atoms with Gasteiger partial charge in [0.05, 0.1) is 0 Å². The minimum absolute atomic E-state index is 0.0364. The Bertz CT molecular complexity index is 524. The highest BCUT2D eigenvalue weighted by atomic mass is 16.7. The third kappa shape index (κ3) is 2.97. The molecule has 6 heteroatoms. The van der Waals surface area contributed by atoms with E-state index in [1.54, 1.807) is 12.1 Å². The SMILES string of the molecule is Cc1c(CCC(=O)O)cccc1C1OCOC1C(=O)O. The van der Waals surface area contributed by atoms with E-state index in [0.717, 1.165) is 16.7 Å². The minimum atomic E-state index is -1.07. The van der Waals surface area contributed by atoms with Gasteiger partial charge in [-0.15, -0.1) is 0 Å². The summed E-state index contributed by atoms with van der Waals surface area (Å²) in [5, 5.41) is 17.8. The van der Waals surface area contributed by atoms with Crippen LogP contribution >= 0.6 is 0 Å². The van der Waals surface area contributed by atoms with Gasteiger partial charge in [-0.1, -0.05) is 18.2 Å². The van der Waals surface area contributed by atoms with Crippen molar-refractivity contribution in [2.24, 2.45) is 0 Å². The van der Waals surface area contributed by atoms with Crippen LogP contribution < -0.4 is 0 Å². The van der Waals surface area contributed by atoms with Gasteiger partial charge in [0, 0.05) is 6.42 Å². The summed E-state index contributed by atoms with van der Waals surface area (Å²) in [6, 6.07) is 5.41. The summed E-state index contributed by atoms with van der Waals surface area (Å²) in [5.41, 5.74) is 2.47. The molecular formula is C14H16O6. The van der Waals surface area contributed by atoms with Crippen LogP contribution in [0.25, 0.3) is 0 Å². The van der Waals surface area contributed by atoms with E-state index in [-0.39, 0.29) is 13.2 Å². The summed E-state index contributed by atoms with van der Waals surface area (Å²) >= 11 is 0. The van der Waals surface area contributed by atoms with Crippen LogP contribution in [0.4, 0.5) is 0 Å². The fourth-order valence-corrected chi connectivity index (χ4v) is 2.34. The molecular weight excluding hydrogens is 264 g/mol. The molecule has 1 aliphatic heterocycles. The molecule has 108 valence electrons. The Kier molecular flexibility index (Phi) is 4.36. The van der Waals surface area contributed by atoms with Crippen molar-refractivity contribution < 1.29 is 29.3 Å². The summed E-state index contributed by atoms with van der Waals surface area (Å²) in [6.45, 7) is 1.79. The number of aliphatic carboxylic acids is 2. The van der Waals surface area contributed by atoms with Crippen molar-refractivity contribution in [2.75, 3.05) is 6.79 Å². The normalized spacial score (nSPS) is 21.9. The average molecular weight is 280 g/mol. The fourth-order valence-electron chi connectivity index (χ4n) is 2.34. The lowest BCUT2D eigenvalue weighted by Crippen LogP contribution is -2.26. The number of rotatable bonds is 5. The summed E-state index contributed by atoms with van der Waals surface area (Å²) in [5.74, 6) is -1.93.